The van der Waals surface area contributed by atoms with E-state index in [0.717, 1.165) is 0 Å². The van der Waals surface area contributed by atoms with Gasteiger partial charge in [-0.3, -0.25) is 0 Å². The van der Waals surface area contributed by atoms with Crippen LogP contribution in [0.15, 0.2) is 18.2 Å². The molecule has 0 aliphatic rings. The van der Waals surface area contributed by atoms with Gasteiger partial charge in [0.25, 0.3) is 0 Å². The molecule has 0 saturated carbocycles. The standard InChI is InChI=1S/C9H10FNO2/c10-8-3-1-2-7(9(12)13)6(8)4-5-11/h1-3H,4-5,11H2,(H,12,13). The molecule has 1 rings (SSSR count). The number of halogens is 1. The molecule has 0 bridgehead atoms. The zero-order valence-electron chi connectivity index (χ0n) is 6.96. The van der Waals surface area contributed by atoms with Crippen molar-refractivity contribution in [3.8, 4) is 0 Å². The Morgan fingerprint density at radius 2 is 2.23 bits per heavy atom. The van der Waals surface area contributed by atoms with E-state index in [1.807, 2.05) is 0 Å². The van der Waals surface area contributed by atoms with Crippen LogP contribution in [0.5, 0.6) is 0 Å². The van der Waals surface area contributed by atoms with Gasteiger partial charge in [-0.1, -0.05) is 6.07 Å². The van der Waals surface area contributed by atoms with Crippen LogP contribution in [0.2, 0.25) is 0 Å². The Hall–Kier alpha value is -1.42. The van der Waals surface area contributed by atoms with Gasteiger partial charge in [-0.25, -0.2) is 9.18 Å². The van der Waals surface area contributed by atoms with Crippen LogP contribution in [0.4, 0.5) is 4.39 Å². The highest BCUT2D eigenvalue weighted by atomic mass is 19.1. The minimum atomic E-state index is -1.12. The minimum Gasteiger partial charge on any atom is -0.478 e. The lowest BCUT2D eigenvalue weighted by atomic mass is 10.0. The van der Waals surface area contributed by atoms with Crippen molar-refractivity contribution >= 4 is 5.97 Å². The van der Waals surface area contributed by atoms with Gasteiger partial charge in [0.1, 0.15) is 5.82 Å². The number of carbonyl (C=O) groups is 1. The smallest absolute Gasteiger partial charge is 0.336 e. The molecule has 0 amide bonds. The third kappa shape index (κ3) is 2.03. The molecule has 0 aliphatic carbocycles. The minimum absolute atomic E-state index is 0.00884. The summed E-state index contributed by atoms with van der Waals surface area (Å²) in [4.78, 5) is 10.6. The predicted molar refractivity (Wildman–Crippen MR) is 46.1 cm³/mol. The molecule has 70 valence electrons. The summed E-state index contributed by atoms with van der Waals surface area (Å²) in [6.07, 6.45) is 0.244. The summed E-state index contributed by atoms with van der Waals surface area (Å²) < 4.78 is 13.1. The first-order valence-electron chi connectivity index (χ1n) is 3.87. The highest BCUT2D eigenvalue weighted by Crippen LogP contribution is 2.13. The van der Waals surface area contributed by atoms with Crippen LogP contribution >= 0.6 is 0 Å². The Morgan fingerprint density at radius 3 is 2.77 bits per heavy atom. The van der Waals surface area contributed by atoms with Crippen LogP contribution < -0.4 is 5.73 Å². The lowest BCUT2D eigenvalue weighted by Crippen LogP contribution is -2.10. The topological polar surface area (TPSA) is 63.3 Å². The van der Waals surface area contributed by atoms with Crippen LogP contribution in [-0.4, -0.2) is 17.6 Å². The molecule has 0 radical (unpaired) electrons. The average Bonchev–Trinajstić information content (AvgIpc) is 2.08. The van der Waals surface area contributed by atoms with Crippen LogP contribution in [0.3, 0.4) is 0 Å². The Bertz CT molecular complexity index is 325. The summed E-state index contributed by atoms with van der Waals surface area (Å²) in [7, 11) is 0. The highest BCUT2D eigenvalue weighted by molar-refractivity contribution is 5.89. The Kier molecular flexibility index (Phi) is 2.97. The fourth-order valence-electron chi connectivity index (χ4n) is 1.16. The van der Waals surface area contributed by atoms with Gasteiger partial charge in [0.15, 0.2) is 0 Å². The van der Waals surface area contributed by atoms with Crippen molar-refractivity contribution in [2.45, 2.75) is 6.42 Å². The van der Waals surface area contributed by atoms with E-state index in [9.17, 15) is 9.18 Å². The molecule has 1 aromatic rings. The fraction of sp³-hybridized carbons (Fsp3) is 0.222. The van der Waals surface area contributed by atoms with Gasteiger partial charge in [-0.05, 0) is 25.1 Å². The summed E-state index contributed by atoms with van der Waals surface area (Å²) in [6, 6.07) is 3.98. The first-order valence-corrected chi connectivity index (χ1v) is 3.87. The van der Waals surface area contributed by atoms with E-state index in [-0.39, 0.29) is 24.1 Å². The van der Waals surface area contributed by atoms with E-state index in [0.29, 0.717) is 0 Å². The summed E-state index contributed by atoms with van der Waals surface area (Å²) in [5.74, 6) is -1.63. The van der Waals surface area contributed by atoms with Gasteiger partial charge in [0.05, 0.1) is 5.56 Å². The molecule has 4 heteroatoms. The summed E-state index contributed by atoms with van der Waals surface area (Å²) >= 11 is 0. The number of rotatable bonds is 3. The average molecular weight is 183 g/mol. The van der Waals surface area contributed by atoms with Crippen LogP contribution in [0, 0.1) is 5.82 Å². The summed E-state index contributed by atoms with van der Waals surface area (Å²) in [5.41, 5.74) is 5.41. The molecular weight excluding hydrogens is 173 g/mol. The zero-order valence-corrected chi connectivity index (χ0v) is 6.96. The van der Waals surface area contributed by atoms with E-state index in [1.54, 1.807) is 0 Å². The summed E-state index contributed by atoms with van der Waals surface area (Å²) in [6.45, 7) is 0.237. The molecule has 0 unspecified atom stereocenters. The summed E-state index contributed by atoms with van der Waals surface area (Å²) in [5, 5.41) is 8.71. The molecular formula is C9H10FNO2. The van der Waals surface area contributed by atoms with Gasteiger partial charge in [-0.2, -0.15) is 0 Å². The third-order valence-corrected chi connectivity index (χ3v) is 1.74. The fourth-order valence-corrected chi connectivity index (χ4v) is 1.16. The zero-order chi connectivity index (χ0) is 9.84. The lowest BCUT2D eigenvalue weighted by Gasteiger charge is -2.04. The van der Waals surface area contributed by atoms with Gasteiger partial charge in [0.2, 0.25) is 0 Å². The normalized spacial score (nSPS) is 10.0. The Labute approximate surface area is 75.0 Å². The van der Waals surface area contributed by atoms with Crippen molar-refractivity contribution in [2.75, 3.05) is 6.54 Å². The third-order valence-electron chi connectivity index (χ3n) is 1.74. The molecule has 0 atom stereocenters. The molecule has 0 fully saturated rings. The number of carboxylic acids is 1. The Morgan fingerprint density at radius 1 is 1.54 bits per heavy atom. The maximum Gasteiger partial charge on any atom is 0.336 e. The second kappa shape index (κ2) is 4.00. The SMILES string of the molecule is NCCc1c(F)cccc1C(=O)O. The van der Waals surface area contributed by atoms with E-state index in [1.165, 1.54) is 18.2 Å². The molecule has 3 nitrogen and oxygen atoms in total. The monoisotopic (exact) mass is 183 g/mol. The number of hydrogen-bond acceptors (Lipinski definition) is 2. The highest BCUT2D eigenvalue weighted by Gasteiger charge is 2.12. The number of hydrogen-bond donors (Lipinski definition) is 2. The second-order valence-electron chi connectivity index (χ2n) is 2.61. The van der Waals surface area contributed by atoms with E-state index in [2.05, 4.69) is 0 Å². The number of aromatic carboxylic acids is 1. The number of nitrogens with two attached hydrogens (primary N) is 1. The number of carboxylic acid groups (broad SMARTS) is 1. The van der Waals surface area contributed by atoms with Crippen molar-refractivity contribution in [1.29, 1.82) is 0 Å². The predicted octanol–water partition coefficient (Wildman–Crippen LogP) is 1.03. The van der Waals surface area contributed by atoms with Gasteiger partial charge in [-0.15, -0.1) is 0 Å². The Balaban J connectivity index is 3.17. The number of benzene rings is 1. The first-order chi connectivity index (χ1) is 6.16. The van der Waals surface area contributed by atoms with Gasteiger partial charge >= 0.3 is 5.97 Å². The van der Waals surface area contributed by atoms with E-state index >= 15 is 0 Å². The van der Waals surface area contributed by atoms with Crippen molar-refractivity contribution < 1.29 is 14.3 Å². The van der Waals surface area contributed by atoms with Gasteiger partial charge < -0.3 is 10.8 Å². The molecule has 3 N–H and O–H groups in total. The molecule has 0 spiro atoms. The molecule has 13 heavy (non-hydrogen) atoms. The van der Waals surface area contributed by atoms with E-state index in [4.69, 9.17) is 10.8 Å². The molecule has 0 saturated heterocycles. The van der Waals surface area contributed by atoms with Crippen molar-refractivity contribution in [3.05, 3.63) is 35.1 Å². The lowest BCUT2D eigenvalue weighted by molar-refractivity contribution is 0.0695. The maximum absolute atomic E-state index is 13.1. The molecule has 0 aliphatic heterocycles. The van der Waals surface area contributed by atoms with Crippen LogP contribution in [0.1, 0.15) is 15.9 Å². The molecule has 0 aromatic heterocycles. The molecule has 1 aromatic carbocycles. The van der Waals surface area contributed by atoms with Crippen LogP contribution in [-0.2, 0) is 6.42 Å². The largest absolute Gasteiger partial charge is 0.478 e. The maximum atomic E-state index is 13.1. The second-order valence-corrected chi connectivity index (χ2v) is 2.61. The van der Waals surface area contributed by atoms with E-state index < -0.39 is 11.8 Å². The van der Waals surface area contributed by atoms with Crippen molar-refractivity contribution in [3.63, 3.8) is 0 Å². The van der Waals surface area contributed by atoms with Gasteiger partial charge in [0, 0.05) is 5.56 Å². The van der Waals surface area contributed by atoms with Crippen molar-refractivity contribution in [1.82, 2.24) is 0 Å². The first kappa shape index (κ1) is 9.67. The quantitative estimate of drug-likeness (QED) is 0.735. The van der Waals surface area contributed by atoms with Crippen molar-refractivity contribution in [2.24, 2.45) is 5.73 Å². The van der Waals surface area contributed by atoms with Crippen LogP contribution in [0.25, 0.3) is 0 Å². The molecule has 0 heterocycles.